The van der Waals surface area contributed by atoms with Crippen LogP contribution in [0.15, 0.2) is 59.5 Å². The number of carbonyl (C=O) groups is 3. The minimum Gasteiger partial charge on any atom is -0.352 e. The lowest BCUT2D eigenvalue weighted by Gasteiger charge is -2.13. The molecule has 2 aromatic rings. The van der Waals surface area contributed by atoms with Gasteiger partial charge in [0.1, 0.15) is 6.04 Å². The molecule has 0 spiro atoms. The number of nitrogens with two attached hydrogens (primary N) is 1. The van der Waals surface area contributed by atoms with Gasteiger partial charge in [-0.3, -0.25) is 14.5 Å². The maximum Gasteiger partial charge on any atom is 0.324 e. The average Bonchev–Trinajstić information content (AvgIpc) is 2.98. The summed E-state index contributed by atoms with van der Waals surface area (Å²) in [6.45, 7) is 0.388. The lowest BCUT2D eigenvalue weighted by Crippen LogP contribution is -2.36. The van der Waals surface area contributed by atoms with Crippen molar-refractivity contribution in [3.05, 3.63) is 65.7 Å². The standard InChI is InChI=1S/C20H22N4O5S/c21-30(28,29)16-8-6-15(7-9-16)13-22-18(25)12-17-19(26)24(20(27)23-17)11-10-14-4-2-1-3-5-14/h1-9,17H,10-13H2,(H,22,25)(H,23,27)(H2,21,28,29)/t17-/m1/s1. The molecule has 1 saturated heterocycles. The highest BCUT2D eigenvalue weighted by molar-refractivity contribution is 7.89. The first-order valence-electron chi connectivity index (χ1n) is 9.28. The number of hydrogen-bond donors (Lipinski definition) is 3. The van der Waals surface area contributed by atoms with Crippen molar-refractivity contribution in [3.8, 4) is 0 Å². The third-order valence-corrected chi connectivity index (χ3v) is 5.63. The quantitative estimate of drug-likeness (QED) is 0.524. The predicted molar refractivity (Wildman–Crippen MR) is 108 cm³/mol. The van der Waals surface area contributed by atoms with E-state index in [0.717, 1.165) is 10.5 Å². The monoisotopic (exact) mass is 430 g/mol. The molecule has 0 saturated carbocycles. The van der Waals surface area contributed by atoms with Gasteiger partial charge < -0.3 is 10.6 Å². The van der Waals surface area contributed by atoms with E-state index in [1.807, 2.05) is 30.3 Å². The fraction of sp³-hybridized carbons (Fsp3) is 0.250. The zero-order chi connectivity index (χ0) is 21.7. The van der Waals surface area contributed by atoms with Crippen molar-refractivity contribution in [1.29, 1.82) is 0 Å². The Morgan fingerprint density at radius 1 is 1.03 bits per heavy atom. The van der Waals surface area contributed by atoms with Crippen molar-refractivity contribution in [2.75, 3.05) is 6.54 Å². The fourth-order valence-corrected chi connectivity index (χ4v) is 3.58. The van der Waals surface area contributed by atoms with Gasteiger partial charge >= 0.3 is 6.03 Å². The number of benzene rings is 2. The van der Waals surface area contributed by atoms with Crippen LogP contribution < -0.4 is 15.8 Å². The summed E-state index contributed by atoms with van der Waals surface area (Å²) in [5, 5.41) is 10.2. The number of nitrogens with one attached hydrogen (secondary N) is 2. The van der Waals surface area contributed by atoms with Crippen molar-refractivity contribution in [3.63, 3.8) is 0 Å². The van der Waals surface area contributed by atoms with Crippen molar-refractivity contribution in [2.24, 2.45) is 5.14 Å². The molecule has 10 heteroatoms. The van der Waals surface area contributed by atoms with Crippen LogP contribution in [0, 0.1) is 0 Å². The van der Waals surface area contributed by atoms with E-state index in [1.165, 1.54) is 24.3 Å². The van der Waals surface area contributed by atoms with Gasteiger partial charge in [0.05, 0.1) is 11.3 Å². The third kappa shape index (κ3) is 5.43. The van der Waals surface area contributed by atoms with Crippen LogP contribution in [0.3, 0.4) is 0 Å². The number of urea groups is 1. The van der Waals surface area contributed by atoms with Crippen LogP contribution >= 0.6 is 0 Å². The first kappa shape index (κ1) is 21.5. The molecule has 0 radical (unpaired) electrons. The zero-order valence-electron chi connectivity index (χ0n) is 16.1. The molecule has 4 N–H and O–H groups in total. The molecule has 1 heterocycles. The van der Waals surface area contributed by atoms with Crippen molar-refractivity contribution in [1.82, 2.24) is 15.5 Å². The molecule has 2 aromatic carbocycles. The first-order valence-corrected chi connectivity index (χ1v) is 10.8. The van der Waals surface area contributed by atoms with Gasteiger partial charge in [0, 0.05) is 13.1 Å². The van der Waals surface area contributed by atoms with Crippen LogP contribution in [0.5, 0.6) is 0 Å². The van der Waals surface area contributed by atoms with Gasteiger partial charge in [-0.25, -0.2) is 18.4 Å². The molecule has 4 amide bonds. The Balaban J connectivity index is 1.49. The van der Waals surface area contributed by atoms with E-state index in [0.29, 0.717) is 12.0 Å². The largest absolute Gasteiger partial charge is 0.352 e. The summed E-state index contributed by atoms with van der Waals surface area (Å²) in [5.74, 6) is -0.835. The Kier molecular flexibility index (Phi) is 6.48. The lowest BCUT2D eigenvalue weighted by molar-refractivity contribution is -0.130. The fourth-order valence-electron chi connectivity index (χ4n) is 3.07. The van der Waals surface area contributed by atoms with E-state index in [1.54, 1.807) is 0 Å². The smallest absolute Gasteiger partial charge is 0.324 e. The Hall–Kier alpha value is -3.24. The second kappa shape index (κ2) is 9.06. The van der Waals surface area contributed by atoms with E-state index < -0.39 is 33.9 Å². The molecule has 0 unspecified atom stereocenters. The number of nitrogens with zero attached hydrogens (tertiary/aromatic N) is 1. The number of sulfonamides is 1. The summed E-state index contributed by atoms with van der Waals surface area (Å²) in [5.41, 5.74) is 1.68. The highest BCUT2D eigenvalue weighted by Gasteiger charge is 2.38. The van der Waals surface area contributed by atoms with Gasteiger partial charge in [0.25, 0.3) is 5.91 Å². The van der Waals surface area contributed by atoms with Crippen molar-refractivity contribution in [2.45, 2.75) is 30.3 Å². The Morgan fingerprint density at radius 3 is 2.33 bits per heavy atom. The minimum absolute atomic E-state index is 0.0209. The van der Waals surface area contributed by atoms with Crippen LogP contribution in [0.25, 0.3) is 0 Å². The molecular formula is C20H22N4O5S. The molecule has 0 aromatic heterocycles. The van der Waals surface area contributed by atoms with Crippen LogP contribution in [-0.2, 0) is 32.6 Å². The molecule has 30 heavy (non-hydrogen) atoms. The van der Waals surface area contributed by atoms with Gasteiger partial charge in [0.2, 0.25) is 15.9 Å². The number of rotatable bonds is 8. The summed E-state index contributed by atoms with van der Waals surface area (Å²) in [4.78, 5) is 37.9. The molecule has 3 rings (SSSR count). The summed E-state index contributed by atoms with van der Waals surface area (Å²) in [6, 6.07) is 13.8. The molecule has 9 nitrogen and oxygen atoms in total. The van der Waals surface area contributed by atoms with E-state index in [2.05, 4.69) is 10.6 Å². The van der Waals surface area contributed by atoms with Gasteiger partial charge in [-0.05, 0) is 29.7 Å². The van der Waals surface area contributed by atoms with E-state index in [4.69, 9.17) is 5.14 Å². The summed E-state index contributed by atoms with van der Waals surface area (Å²) < 4.78 is 22.5. The Bertz CT molecular complexity index is 1040. The normalized spacial score (nSPS) is 16.4. The molecule has 1 fully saturated rings. The Morgan fingerprint density at radius 2 is 1.70 bits per heavy atom. The number of carbonyl (C=O) groups excluding carboxylic acids is 3. The number of imide groups is 1. The highest BCUT2D eigenvalue weighted by Crippen LogP contribution is 2.12. The first-order chi connectivity index (χ1) is 14.2. The summed E-state index contributed by atoms with van der Waals surface area (Å²) in [7, 11) is -3.78. The van der Waals surface area contributed by atoms with Crippen molar-refractivity contribution >= 4 is 27.9 Å². The highest BCUT2D eigenvalue weighted by atomic mass is 32.2. The second-order valence-electron chi connectivity index (χ2n) is 6.90. The predicted octanol–water partition coefficient (Wildman–Crippen LogP) is 0.503. The zero-order valence-corrected chi connectivity index (χ0v) is 16.9. The van der Waals surface area contributed by atoms with Crippen LogP contribution in [0.4, 0.5) is 4.79 Å². The van der Waals surface area contributed by atoms with Crippen LogP contribution in [-0.4, -0.2) is 43.7 Å². The minimum atomic E-state index is -3.78. The van der Waals surface area contributed by atoms with Gasteiger partial charge in [-0.1, -0.05) is 42.5 Å². The van der Waals surface area contributed by atoms with E-state index in [-0.39, 0.29) is 24.4 Å². The third-order valence-electron chi connectivity index (χ3n) is 4.70. The number of amides is 4. The SMILES string of the molecule is NS(=O)(=O)c1ccc(CNC(=O)C[C@H]2NC(=O)N(CCc3ccccc3)C2=O)cc1. The topological polar surface area (TPSA) is 139 Å². The van der Waals surface area contributed by atoms with E-state index in [9.17, 15) is 22.8 Å². The molecular weight excluding hydrogens is 408 g/mol. The second-order valence-corrected chi connectivity index (χ2v) is 8.46. The molecule has 0 aliphatic carbocycles. The summed E-state index contributed by atoms with van der Waals surface area (Å²) in [6.07, 6.45) is 0.356. The number of primary sulfonamides is 1. The number of hydrogen-bond acceptors (Lipinski definition) is 5. The maximum atomic E-state index is 12.5. The average molecular weight is 430 g/mol. The van der Waals surface area contributed by atoms with E-state index >= 15 is 0 Å². The van der Waals surface area contributed by atoms with Gasteiger partial charge in [0.15, 0.2) is 0 Å². The molecule has 1 aliphatic rings. The molecule has 0 bridgehead atoms. The van der Waals surface area contributed by atoms with Gasteiger partial charge in [-0.2, -0.15) is 0 Å². The molecule has 1 aliphatic heterocycles. The van der Waals surface area contributed by atoms with Crippen molar-refractivity contribution < 1.29 is 22.8 Å². The Labute approximate surface area is 174 Å². The van der Waals surface area contributed by atoms with Gasteiger partial charge in [-0.15, -0.1) is 0 Å². The lowest BCUT2D eigenvalue weighted by atomic mass is 10.1. The molecule has 1 atom stereocenters. The van der Waals surface area contributed by atoms with Crippen LogP contribution in [0.2, 0.25) is 0 Å². The molecule has 158 valence electrons. The summed E-state index contributed by atoms with van der Waals surface area (Å²) >= 11 is 0. The van der Waals surface area contributed by atoms with Crippen LogP contribution in [0.1, 0.15) is 17.5 Å². The maximum absolute atomic E-state index is 12.5.